The van der Waals surface area contributed by atoms with E-state index in [9.17, 15) is 14.4 Å². The first-order chi connectivity index (χ1) is 13.0. The van der Waals surface area contributed by atoms with Gasteiger partial charge in [-0.1, -0.05) is 32.5 Å². The molecule has 3 atom stereocenters. The Kier molecular flexibility index (Phi) is 5.79. The molecule has 0 aliphatic carbocycles. The molecule has 2 aliphatic rings. The molecular weight excluding hydrogens is 426 g/mol. The van der Waals surface area contributed by atoms with Crippen molar-refractivity contribution in [2.24, 2.45) is 12.5 Å². The summed E-state index contributed by atoms with van der Waals surface area (Å²) >= 11 is 8.97. The van der Waals surface area contributed by atoms with Crippen LogP contribution in [-0.2, 0) is 26.2 Å². The second-order valence-electron chi connectivity index (χ2n) is 7.40. The maximum Gasteiger partial charge on any atom is 0.302 e. The van der Waals surface area contributed by atoms with E-state index in [0.29, 0.717) is 10.7 Å². The monoisotopic (exact) mass is 445 g/mol. The van der Waals surface area contributed by atoms with Crippen LogP contribution in [0.1, 0.15) is 27.7 Å². The fourth-order valence-corrected chi connectivity index (χ4v) is 5.90. The number of hydrogen-bond donors (Lipinski definition) is 0. The van der Waals surface area contributed by atoms with Crippen LogP contribution in [0.3, 0.4) is 0 Å². The number of Topliss-reactive ketones (excluding diaryl/α,β-unsaturated/α-hetero) is 1. The third kappa shape index (κ3) is 3.79. The number of hydrogen-bond acceptors (Lipinski definition) is 9. The summed E-state index contributed by atoms with van der Waals surface area (Å²) in [5.41, 5.74) is 0.0658. The van der Waals surface area contributed by atoms with Crippen LogP contribution in [-0.4, -0.2) is 64.7 Å². The minimum Gasteiger partial charge on any atom is -0.461 e. The lowest BCUT2D eigenvalue weighted by Gasteiger charge is -2.50. The SMILES string of the molecule is CC(=O)OCC1=C(C(=O)C(C)(C)C)N2C(=O)[C@H](Cl)[C@@H]2SC1Sc1nnnn1C. The van der Waals surface area contributed by atoms with Crippen molar-refractivity contribution in [3.05, 3.63) is 11.3 Å². The standard InChI is InChI=1S/C16H20ClN5O4S2/c1-7(23)26-6-8-10(11(24)16(2,3)4)22-12(25)9(17)13(22)27-14(8)28-15-18-19-20-21(15)5/h9,13-14H,6H2,1-5H3/t9-,13-,14?/m0/s1. The molecule has 0 aromatic carbocycles. The van der Waals surface area contributed by atoms with Crippen LogP contribution in [0.15, 0.2) is 16.4 Å². The van der Waals surface area contributed by atoms with Gasteiger partial charge in [0.25, 0.3) is 0 Å². The second kappa shape index (κ2) is 7.68. The molecular formula is C16H20ClN5O4S2. The lowest BCUT2D eigenvalue weighted by molar-refractivity contribution is -0.142. The van der Waals surface area contributed by atoms with Crippen LogP contribution in [0.4, 0.5) is 0 Å². The first kappa shape index (κ1) is 21.1. The van der Waals surface area contributed by atoms with Gasteiger partial charge in [0.05, 0.1) is 10.3 Å². The van der Waals surface area contributed by atoms with Crippen molar-refractivity contribution in [1.82, 2.24) is 25.1 Å². The molecule has 3 heterocycles. The molecule has 0 bridgehead atoms. The van der Waals surface area contributed by atoms with Crippen LogP contribution < -0.4 is 0 Å². The van der Waals surface area contributed by atoms with Gasteiger partial charge in [-0.25, -0.2) is 4.68 Å². The molecule has 0 spiro atoms. The number of nitrogens with zero attached hydrogens (tertiary/aromatic N) is 5. The van der Waals surface area contributed by atoms with E-state index in [4.69, 9.17) is 16.3 Å². The number of fused-ring (bicyclic) bond motifs is 1. The number of tetrazole rings is 1. The number of halogens is 1. The fourth-order valence-electron chi connectivity index (χ4n) is 2.71. The van der Waals surface area contributed by atoms with E-state index in [1.165, 1.54) is 40.0 Å². The van der Waals surface area contributed by atoms with Crippen molar-refractivity contribution in [3.8, 4) is 0 Å². The molecule has 0 radical (unpaired) electrons. The Balaban J connectivity index is 2.08. The Labute approximate surface area is 175 Å². The highest BCUT2D eigenvalue weighted by Crippen LogP contribution is 2.51. The predicted octanol–water partition coefficient (Wildman–Crippen LogP) is 1.58. The Morgan fingerprint density at radius 2 is 2.04 bits per heavy atom. The summed E-state index contributed by atoms with van der Waals surface area (Å²) in [6.45, 7) is 6.52. The van der Waals surface area contributed by atoms with Gasteiger partial charge in [-0.2, -0.15) is 0 Å². The highest BCUT2D eigenvalue weighted by atomic mass is 35.5. The number of aryl methyl sites for hydroxylation is 1. The molecule has 1 fully saturated rings. The predicted molar refractivity (Wildman–Crippen MR) is 104 cm³/mol. The van der Waals surface area contributed by atoms with E-state index >= 15 is 0 Å². The Bertz CT molecular complexity index is 865. The molecule has 1 unspecified atom stereocenters. The smallest absolute Gasteiger partial charge is 0.302 e. The number of amides is 1. The van der Waals surface area contributed by atoms with Crippen LogP contribution in [0.25, 0.3) is 0 Å². The van der Waals surface area contributed by atoms with E-state index in [-0.39, 0.29) is 34.0 Å². The van der Waals surface area contributed by atoms with E-state index in [2.05, 4.69) is 15.5 Å². The number of alkyl halides is 1. The normalized spacial score (nSPS) is 24.7. The van der Waals surface area contributed by atoms with Crippen molar-refractivity contribution in [2.75, 3.05) is 6.61 Å². The summed E-state index contributed by atoms with van der Waals surface area (Å²) in [6, 6.07) is 0. The van der Waals surface area contributed by atoms with Gasteiger partial charge in [-0.15, -0.1) is 28.5 Å². The van der Waals surface area contributed by atoms with E-state index in [1.54, 1.807) is 27.8 Å². The molecule has 1 amide bonds. The Morgan fingerprint density at radius 1 is 1.36 bits per heavy atom. The van der Waals surface area contributed by atoms with Gasteiger partial charge in [0.2, 0.25) is 11.1 Å². The molecule has 3 rings (SSSR count). The second-order valence-corrected chi connectivity index (χ2v) is 10.5. The quantitative estimate of drug-likeness (QED) is 0.379. The highest BCUT2D eigenvalue weighted by molar-refractivity contribution is 8.17. The topological polar surface area (TPSA) is 107 Å². The van der Waals surface area contributed by atoms with Gasteiger partial charge in [0.15, 0.2) is 5.78 Å². The first-order valence-corrected chi connectivity index (χ1v) is 10.7. The van der Waals surface area contributed by atoms with Crippen LogP contribution in [0.2, 0.25) is 0 Å². The molecule has 28 heavy (non-hydrogen) atoms. The summed E-state index contributed by atoms with van der Waals surface area (Å²) in [5.74, 6) is -1.01. The Hall–Kier alpha value is -1.59. The average molecular weight is 446 g/mol. The number of carbonyl (C=O) groups excluding carboxylic acids is 3. The zero-order valence-electron chi connectivity index (χ0n) is 16.0. The molecule has 152 valence electrons. The van der Waals surface area contributed by atoms with Gasteiger partial charge in [0.1, 0.15) is 17.4 Å². The summed E-state index contributed by atoms with van der Waals surface area (Å²) in [5, 5.41) is 10.9. The summed E-state index contributed by atoms with van der Waals surface area (Å²) in [6.07, 6.45) is 0. The van der Waals surface area contributed by atoms with Crippen molar-refractivity contribution in [2.45, 2.75) is 48.2 Å². The number of esters is 1. The van der Waals surface area contributed by atoms with Gasteiger partial charge in [0, 0.05) is 25.0 Å². The van der Waals surface area contributed by atoms with Gasteiger partial charge < -0.3 is 4.74 Å². The first-order valence-electron chi connectivity index (χ1n) is 8.45. The molecule has 0 N–H and O–H groups in total. The summed E-state index contributed by atoms with van der Waals surface area (Å²) in [7, 11) is 1.70. The number of ether oxygens (including phenoxy) is 1. The molecule has 1 saturated heterocycles. The largest absolute Gasteiger partial charge is 0.461 e. The lowest BCUT2D eigenvalue weighted by atomic mass is 9.86. The van der Waals surface area contributed by atoms with Crippen molar-refractivity contribution < 1.29 is 19.1 Å². The highest BCUT2D eigenvalue weighted by Gasteiger charge is 2.56. The number of β-lactam (4-membered cyclic amide) rings is 1. The number of thioether (sulfide) groups is 2. The molecule has 2 aliphatic heterocycles. The minimum atomic E-state index is -0.734. The molecule has 9 nitrogen and oxygen atoms in total. The Morgan fingerprint density at radius 3 is 2.57 bits per heavy atom. The summed E-state index contributed by atoms with van der Waals surface area (Å²) < 4.78 is 6.38. The number of rotatable bonds is 5. The molecule has 0 saturated carbocycles. The van der Waals surface area contributed by atoms with Crippen molar-refractivity contribution in [3.63, 3.8) is 0 Å². The van der Waals surface area contributed by atoms with Gasteiger partial charge in [-0.05, 0) is 10.4 Å². The number of carbonyl (C=O) groups is 3. The summed E-state index contributed by atoms with van der Waals surface area (Å²) in [4.78, 5) is 38.5. The average Bonchev–Trinajstić information content (AvgIpc) is 3.02. The molecule has 12 heteroatoms. The van der Waals surface area contributed by atoms with Gasteiger partial charge in [-0.3, -0.25) is 19.3 Å². The lowest BCUT2D eigenvalue weighted by Crippen LogP contribution is -2.64. The molecule has 1 aromatic rings. The number of allylic oxidation sites excluding steroid dienone is 1. The third-order valence-electron chi connectivity index (χ3n) is 4.19. The van der Waals surface area contributed by atoms with Crippen molar-refractivity contribution >= 4 is 52.8 Å². The maximum atomic E-state index is 13.2. The zero-order valence-corrected chi connectivity index (χ0v) is 18.4. The van der Waals surface area contributed by atoms with E-state index in [1.807, 2.05) is 0 Å². The van der Waals surface area contributed by atoms with Crippen LogP contribution >= 0.6 is 35.1 Å². The van der Waals surface area contributed by atoms with E-state index < -0.39 is 16.8 Å². The number of aromatic nitrogens is 4. The fraction of sp³-hybridized carbons (Fsp3) is 0.625. The zero-order chi connectivity index (χ0) is 20.8. The van der Waals surface area contributed by atoms with Gasteiger partial charge >= 0.3 is 5.97 Å². The molecule has 1 aromatic heterocycles. The van der Waals surface area contributed by atoms with Crippen LogP contribution in [0, 0.1) is 5.41 Å². The van der Waals surface area contributed by atoms with Crippen LogP contribution in [0.5, 0.6) is 0 Å². The maximum absolute atomic E-state index is 13.2. The van der Waals surface area contributed by atoms with E-state index in [0.717, 1.165) is 0 Å². The minimum absolute atomic E-state index is 0.105. The van der Waals surface area contributed by atoms with Crippen molar-refractivity contribution in [1.29, 1.82) is 0 Å². The number of ketones is 1. The third-order valence-corrected chi connectivity index (χ3v) is 7.74.